The molecule has 0 aliphatic carbocycles. The highest BCUT2D eigenvalue weighted by molar-refractivity contribution is 6.15. The van der Waals surface area contributed by atoms with E-state index in [2.05, 4.69) is 0 Å². The summed E-state index contributed by atoms with van der Waals surface area (Å²) in [4.78, 5) is 25.2. The van der Waals surface area contributed by atoms with Crippen LogP contribution in [0.25, 0.3) is 6.08 Å². The highest BCUT2D eigenvalue weighted by Crippen LogP contribution is 2.49. The van der Waals surface area contributed by atoms with Gasteiger partial charge in [0.1, 0.15) is 23.0 Å². The Morgan fingerprint density at radius 2 is 1.71 bits per heavy atom. The van der Waals surface area contributed by atoms with Crippen molar-refractivity contribution in [3.8, 4) is 23.0 Å². The summed E-state index contributed by atoms with van der Waals surface area (Å²) in [6.45, 7) is 0. The fraction of sp³-hybridized carbons (Fsp3) is 0.120. The standard InChI is InChI=1S/C25H18O6/c1-29-17-8-2-14(3-9-17)12-21-24(28)18-10-11-20-23(25(18)31-21)19(13-22(27)30-20)15-4-6-16(26)7-5-15/h2-12,19,26H,13H2,1H3/b21-12-/t19-/m0/s1. The number of aromatic hydroxyl groups is 1. The smallest absolute Gasteiger partial charge is 0.312 e. The van der Waals surface area contributed by atoms with Gasteiger partial charge < -0.3 is 19.3 Å². The first-order valence-corrected chi connectivity index (χ1v) is 9.78. The fourth-order valence-electron chi connectivity index (χ4n) is 3.95. The van der Waals surface area contributed by atoms with Gasteiger partial charge in [-0.1, -0.05) is 24.3 Å². The van der Waals surface area contributed by atoms with Crippen LogP contribution in [0.3, 0.4) is 0 Å². The van der Waals surface area contributed by atoms with Crippen LogP contribution in [0.1, 0.15) is 39.4 Å². The molecular weight excluding hydrogens is 396 g/mol. The van der Waals surface area contributed by atoms with E-state index in [0.29, 0.717) is 22.6 Å². The lowest BCUT2D eigenvalue weighted by molar-refractivity contribution is -0.135. The number of carbonyl (C=O) groups is 2. The minimum absolute atomic E-state index is 0.114. The normalized spacial score (nSPS) is 18.2. The maximum atomic E-state index is 13.0. The van der Waals surface area contributed by atoms with Gasteiger partial charge in [0.25, 0.3) is 0 Å². The molecular formula is C25H18O6. The number of phenols is 1. The number of esters is 1. The predicted octanol–water partition coefficient (Wildman–Crippen LogP) is 4.46. The molecule has 5 rings (SSSR count). The van der Waals surface area contributed by atoms with Crippen LogP contribution in [0.15, 0.2) is 66.4 Å². The monoisotopic (exact) mass is 414 g/mol. The van der Waals surface area contributed by atoms with Crippen molar-refractivity contribution >= 4 is 17.8 Å². The topological polar surface area (TPSA) is 82.1 Å². The molecule has 3 aromatic carbocycles. The molecule has 154 valence electrons. The van der Waals surface area contributed by atoms with Gasteiger partial charge in [-0.2, -0.15) is 0 Å². The van der Waals surface area contributed by atoms with Gasteiger partial charge in [0, 0.05) is 11.5 Å². The summed E-state index contributed by atoms with van der Waals surface area (Å²) >= 11 is 0. The molecule has 2 aliphatic heterocycles. The first kappa shape index (κ1) is 18.9. The van der Waals surface area contributed by atoms with Gasteiger partial charge >= 0.3 is 5.97 Å². The molecule has 3 aromatic rings. The van der Waals surface area contributed by atoms with E-state index in [-0.39, 0.29) is 35.6 Å². The van der Waals surface area contributed by atoms with E-state index in [1.54, 1.807) is 61.7 Å². The first-order valence-electron chi connectivity index (χ1n) is 9.78. The molecule has 0 aromatic heterocycles. The van der Waals surface area contributed by atoms with Gasteiger partial charge in [-0.05, 0) is 53.6 Å². The number of Topliss-reactive ketones (excluding diaryl/α,β-unsaturated/α-hetero) is 1. The van der Waals surface area contributed by atoms with Crippen molar-refractivity contribution in [3.05, 3.63) is 88.7 Å². The summed E-state index contributed by atoms with van der Waals surface area (Å²) in [6, 6.07) is 17.2. The third kappa shape index (κ3) is 3.32. The maximum Gasteiger partial charge on any atom is 0.312 e. The average Bonchev–Trinajstić information content (AvgIpc) is 3.09. The number of phenolic OH excluding ortho intramolecular Hbond substituents is 1. The number of hydrogen-bond donors (Lipinski definition) is 1. The Labute approximate surface area is 178 Å². The second kappa shape index (κ2) is 7.32. The van der Waals surface area contributed by atoms with Gasteiger partial charge in [-0.15, -0.1) is 0 Å². The van der Waals surface area contributed by atoms with E-state index < -0.39 is 0 Å². The van der Waals surface area contributed by atoms with Crippen LogP contribution in [-0.2, 0) is 4.79 Å². The molecule has 1 N–H and O–H groups in total. The summed E-state index contributed by atoms with van der Waals surface area (Å²) in [7, 11) is 1.59. The molecule has 31 heavy (non-hydrogen) atoms. The molecule has 0 radical (unpaired) electrons. The quantitative estimate of drug-likeness (QED) is 0.387. The summed E-state index contributed by atoms with van der Waals surface area (Å²) in [5.74, 6) is 0.918. The van der Waals surface area contributed by atoms with E-state index >= 15 is 0 Å². The van der Waals surface area contributed by atoms with Crippen LogP contribution in [0.4, 0.5) is 0 Å². The van der Waals surface area contributed by atoms with Gasteiger partial charge in [0.05, 0.1) is 19.1 Å². The fourth-order valence-corrected chi connectivity index (χ4v) is 3.95. The second-order valence-electron chi connectivity index (χ2n) is 7.39. The van der Waals surface area contributed by atoms with Crippen molar-refractivity contribution < 1.29 is 28.9 Å². The molecule has 0 saturated heterocycles. The van der Waals surface area contributed by atoms with E-state index in [1.807, 2.05) is 12.1 Å². The zero-order valence-corrected chi connectivity index (χ0v) is 16.6. The van der Waals surface area contributed by atoms with E-state index in [1.165, 1.54) is 0 Å². The van der Waals surface area contributed by atoms with Gasteiger partial charge in [0.15, 0.2) is 5.76 Å². The van der Waals surface area contributed by atoms with Crippen LogP contribution in [0, 0.1) is 0 Å². The summed E-state index contributed by atoms with van der Waals surface area (Å²) in [5, 5.41) is 9.62. The minimum Gasteiger partial charge on any atom is -0.508 e. The SMILES string of the molecule is COc1ccc(/C=C2\Oc3c(ccc4c3[C@H](c3ccc(O)cc3)CC(=O)O4)C2=O)cc1. The van der Waals surface area contributed by atoms with Crippen molar-refractivity contribution in [2.45, 2.75) is 12.3 Å². The summed E-state index contributed by atoms with van der Waals surface area (Å²) < 4.78 is 16.6. The molecule has 2 heterocycles. The number of benzene rings is 3. The number of ketones is 1. The lowest BCUT2D eigenvalue weighted by Crippen LogP contribution is -2.21. The van der Waals surface area contributed by atoms with Crippen LogP contribution >= 0.6 is 0 Å². The number of rotatable bonds is 3. The highest BCUT2D eigenvalue weighted by Gasteiger charge is 2.38. The molecule has 0 spiro atoms. The lowest BCUT2D eigenvalue weighted by atomic mass is 9.84. The zero-order valence-electron chi connectivity index (χ0n) is 16.6. The molecule has 0 unspecified atom stereocenters. The lowest BCUT2D eigenvalue weighted by Gasteiger charge is -2.26. The molecule has 0 saturated carbocycles. The van der Waals surface area contributed by atoms with Crippen LogP contribution < -0.4 is 14.2 Å². The van der Waals surface area contributed by atoms with E-state index in [0.717, 1.165) is 16.9 Å². The highest BCUT2D eigenvalue weighted by atomic mass is 16.5. The van der Waals surface area contributed by atoms with Crippen molar-refractivity contribution in [2.24, 2.45) is 0 Å². The van der Waals surface area contributed by atoms with Gasteiger partial charge in [-0.25, -0.2) is 0 Å². The van der Waals surface area contributed by atoms with E-state index in [4.69, 9.17) is 14.2 Å². The molecule has 0 bridgehead atoms. The van der Waals surface area contributed by atoms with Crippen molar-refractivity contribution in [3.63, 3.8) is 0 Å². The average molecular weight is 414 g/mol. The maximum absolute atomic E-state index is 13.0. The van der Waals surface area contributed by atoms with Gasteiger partial charge in [-0.3, -0.25) is 9.59 Å². The third-order valence-electron chi connectivity index (χ3n) is 5.49. The zero-order chi connectivity index (χ0) is 21.5. The minimum atomic E-state index is -0.358. The Balaban J connectivity index is 1.57. The molecule has 6 heteroatoms. The predicted molar refractivity (Wildman–Crippen MR) is 113 cm³/mol. The van der Waals surface area contributed by atoms with Crippen molar-refractivity contribution in [2.75, 3.05) is 7.11 Å². The number of allylic oxidation sites excluding steroid dienone is 1. The largest absolute Gasteiger partial charge is 0.508 e. The number of ether oxygens (including phenoxy) is 3. The van der Waals surface area contributed by atoms with Crippen molar-refractivity contribution in [1.29, 1.82) is 0 Å². The number of fused-ring (bicyclic) bond motifs is 3. The second-order valence-corrected chi connectivity index (χ2v) is 7.39. The van der Waals surface area contributed by atoms with E-state index in [9.17, 15) is 14.7 Å². The number of methoxy groups -OCH3 is 1. The third-order valence-corrected chi connectivity index (χ3v) is 5.49. The number of hydrogen-bond acceptors (Lipinski definition) is 6. The van der Waals surface area contributed by atoms with Crippen LogP contribution in [-0.4, -0.2) is 24.0 Å². The molecule has 0 fully saturated rings. The van der Waals surface area contributed by atoms with Crippen LogP contribution in [0.2, 0.25) is 0 Å². The molecule has 0 amide bonds. The summed E-state index contributed by atoms with van der Waals surface area (Å²) in [5.41, 5.74) is 2.72. The Morgan fingerprint density at radius 1 is 0.968 bits per heavy atom. The van der Waals surface area contributed by atoms with Gasteiger partial charge in [0.2, 0.25) is 5.78 Å². The number of carbonyl (C=O) groups excluding carboxylic acids is 2. The Kier molecular flexibility index (Phi) is 4.47. The van der Waals surface area contributed by atoms with Crippen molar-refractivity contribution in [1.82, 2.24) is 0 Å². The Hall–Kier alpha value is -4.06. The Morgan fingerprint density at radius 3 is 2.42 bits per heavy atom. The first-order chi connectivity index (χ1) is 15.0. The molecule has 1 atom stereocenters. The Bertz CT molecular complexity index is 1220. The van der Waals surface area contributed by atoms with Crippen LogP contribution in [0.5, 0.6) is 23.0 Å². The molecule has 6 nitrogen and oxygen atoms in total. The summed E-state index contributed by atoms with van der Waals surface area (Å²) in [6.07, 6.45) is 1.79. The molecule has 2 aliphatic rings.